The largest absolute Gasteiger partial charge is 0.461 e. The first kappa shape index (κ1) is 28.6. The molecule has 4 aliphatic rings. The number of unbranched alkanes of at least 4 members (excludes halogenated alkanes) is 2. The Morgan fingerprint density at radius 1 is 0.974 bits per heavy atom. The molecule has 0 spiro atoms. The molecule has 1 heterocycles. The number of rotatable bonds is 13. The third-order valence-electron chi connectivity index (χ3n) is 10.7. The first-order chi connectivity index (χ1) is 18.7. The second-order valence-electron chi connectivity index (χ2n) is 13.5. The van der Waals surface area contributed by atoms with E-state index >= 15 is 0 Å². The van der Waals surface area contributed by atoms with Gasteiger partial charge >= 0.3 is 7.12 Å². The van der Waals surface area contributed by atoms with Gasteiger partial charge in [0.05, 0.1) is 11.7 Å². The van der Waals surface area contributed by atoms with E-state index in [9.17, 15) is 4.79 Å². The third kappa shape index (κ3) is 5.92. The lowest BCUT2D eigenvalue weighted by atomic mass is 9.43. The Bertz CT molecular complexity index is 1090. The zero-order chi connectivity index (χ0) is 27.6. The second kappa shape index (κ2) is 11.9. The van der Waals surface area contributed by atoms with Gasteiger partial charge in [-0.05, 0) is 73.3 Å². The van der Waals surface area contributed by atoms with Crippen LogP contribution in [0.3, 0.4) is 0 Å². The molecule has 2 aromatic carbocycles. The topological polar surface area (TPSA) is 63.2 Å². The van der Waals surface area contributed by atoms with E-state index in [1.54, 1.807) is 0 Å². The summed E-state index contributed by atoms with van der Waals surface area (Å²) < 4.78 is 14.0. The SMILES string of the molecule is CCCCC[C@H]([NH3+])C(=O)C[C@H](Cc1ccccc1)[C@@H](Cc1ccccc1)B1OC2CC3CC(C3(C)C)[C@@]2(C)O1. The first-order valence-corrected chi connectivity index (χ1v) is 15.5. The number of hydrogen-bond acceptors (Lipinski definition) is 3. The highest BCUT2D eigenvalue weighted by Gasteiger charge is 2.68. The predicted molar refractivity (Wildman–Crippen MR) is 158 cm³/mol. The van der Waals surface area contributed by atoms with Crippen molar-refractivity contribution in [1.82, 2.24) is 0 Å². The second-order valence-corrected chi connectivity index (χ2v) is 13.5. The van der Waals surface area contributed by atoms with Crippen LogP contribution in [-0.4, -0.2) is 30.6 Å². The number of carbonyl (C=O) groups excluding carboxylic acids is 1. The maximum atomic E-state index is 13.6. The number of hydrogen-bond donors (Lipinski definition) is 1. The van der Waals surface area contributed by atoms with E-state index in [0.29, 0.717) is 23.7 Å². The van der Waals surface area contributed by atoms with E-state index in [0.717, 1.165) is 44.9 Å². The van der Waals surface area contributed by atoms with Crippen molar-refractivity contribution in [3.8, 4) is 0 Å². The van der Waals surface area contributed by atoms with E-state index in [-0.39, 0.29) is 42.4 Å². The molecule has 6 rings (SSSR count). The minimum Gasteiger partial charge on any atom is -0.405 e. The Kier molecular flexibility index (Phi) is 8.71. The first-order valence-electron chi connectivity index (χ1n) is 15.5. The molecule has 2 bridgehead atoms. The molecule has 210 valence electrons. The van der Waals surface area contributed by atoms with Gasteiger partial charge in [0, 0.05) is 18.7 Å². The summed E-state index contributed by atoms with van der Waals surface area (Å²) in [5, 5.41) is 0. The molecular weight excluding hydrogens is 481 g/mol. The Balaban J connectivity index is 1.43. The monoisotopic (exact) mass is 530 g/mol. The van der Waals surface area contributed by atoms with E-state index < -0.39 is 0 Å². The number of carbonyl (C=O) groups is 1. The summed E-state index contributed by atoms with van der Waals surface area (Å²) in [5.41, 5.74) is 6.89. The Hall–Kier alpha value is -1.95. The zero-order valence-corrected chi connectivity index (χ0v) is 24.6. The highest BCUT2D eigenvalue weighted by Crippen LogP contribution is 2.66. The molecule has 1 saturated heterocycles. The molecular formula is C34H49BNO3+. The maximum absolute atomic E-state index is 13.6. The molecule has 39 heavy (non-hydrogen) atoms. The molecule has 3 unspecified atom stereocenters. The fraction of sp³-hybridized carbons (Fsp3) is 0.618. The number of benzene rings is 2. The van der Waals surface area contributed by atoms with Crippen molar-refractivity contribution in [3.63, 3.8) is 0 Å². The molecule has 0 aromatic heterocycles. The smallest absolute Gasteiger partial charge is 0.405 e. The van der Waals surface area contributed by atoms with Gasteiger partial charge in [-0.2, -0.15) is 0 Å². The van der Waals surface area contributed by atoms with E-state index in [1.165, 1.54) is 17.5 Å². The quantitative estimate of drug-likeness (QED) is 0.243. The van der Waals surface area contributed by atoms with Crippen LogP contribution in [0.15, 0.2) is 60.7 Å². The van der Waals surface area contributed by atoms with E-state index in [4.69, 9.17) is 9.31 Å². The van der Waals surface area contributed by atoms with Crippen LogP contribution < -0.4 is 5.73 Å². The van der Waals surface area contributed by atoms with Crippen LogP contribution in [0.1, 0.15) is 83.8 Å². The van der Waals surface area contributed by atoms with Crippen LogP contribution in [0.2, 0.25) is 5.82 Å². The maximum Gasteiger partial charge on any atom is 0.461 e. The van der Waals surface area contributed by atoms with Crippen LogP contribution in [-0.2, 0) is 26.9 Å². The summed E-state index contributed by atoms with van der Waals surface area (Å²) in [6, 6.07) is 21.2. The van der Waals surface area contributed by atoms with Crippen molar-refractivity contribution in [3.05, 3.63) is 71.8 Å². The fourth-order valence-corrected chi connectivity index (χ4v) is 7.97. The van der Waals surface area contributed by atoms with E-state index in [1.807, 2.05) is 0 Å². The number of ketones is 1. The molecule has 3 saturated carbocycles. The zero-order valence-electron chi connectivity index (χ0n) is 24.6. The van der Waals surface area contributed by atoms with Gasteiger partial charge in [-0.1, -0.05) is 94.3 Å². The van der Waals surface area contributed by atoms with Crippen LogP contribution in [0.4, 0.5) is 0 Å². The molecule has 5 heteroatoms. The average Bonchev–Trinajstić information content (AvgIpc) is 3.29. The molecule has 3 aliphatic carbocycles. The summed E-state index contributed by atoms with van der Waals surface area (Å²) in [4.78, 5) is 13.6. The summed E-state index contributed by atoms with van der Waals surface area (Å²) in [7, 11) is -0.305. The average molecular weight is 531 g/mol. The van der Waals surface area contributed by atoms with Gasteiger partial charge in [-0.25, -0.2) is 0 Å². The van der Waals surface area contributed by atoms with Gasteiger partial charge in [-0.3, -0.25) is 4.79 Å². The van der Waals surface area contributed by atoms with Crippen LogP contribution in [0.5, 0.6) is 0 Å². The number of quaternary nitrogens is 1. The Labute approximate surface area is 236 Å². The lowest BCUT2D eigenvalue weighted by Gasteiger charge is -2.64. The summed E-state index contributed by atoms with van der Waals surface area (Å²) in [6.45, 7) is 9.33. The minimum absolute atomic E-state index is 0.0853. The van der Waals surface area contributed by atoms with Crippen molar-refractivity contribution in [1.29, 1.82) is 0 Å². The van der Waals surface area contributed by atoms with Gasteiger partial charge in [0.2, 0.25) is 0 Å². The van der Waals surface area contributed by atoms with Crippen LogP contribution >= 0.6 is 0 Å². The van der Waals surface area contributed by atoms with Gasteiger partial charge in [0.1, 0.15) is 6.04 Å². The van der Waals surface area contributed by atoms with E-state index in [2.05, 4.69) is 94.1 Å². The van der Waals surface area contributed by atoms with Gasteiger partial charge < -0.3 is 15.0 Å². The highest BCUT2D eigenvalue weighted by atomic mass is 16.7. The molecule has 3 N–H and O–H groups in total. The normalized spacial score (nSPS) is 29.3. The Morgan fingerprint density at radius 2 is 1.62 bits per heavy atom. The molecule has 4 nitrogen and oxygen atoms in total. The molecule has 7 atom stereocenters. The van der Waals surface area contributed by atoms with Crippen molar-refractivity contribution >= 4 is 12.9 Å². The Morgan fingerprint density at radius 3 is 2.23 bits per heavy atom. The summed E-state index contributed by atoms with van der Waals surface area (Å²) in [6.07, 6.45) is 8.93. The lowest BCUT2D eigenvalue weighted by molar-refractivity contribution is -0.404. The van der Waals surface area contributed by atoms with Crippen molar-refractivity contribution in [2.45, 2.75) is 109 Å². The molecule has 0 radical (unpaired) electrons. The number of Topliss-reactive ketones (excluding diaryl/α,β-unsaturated/α-hetero) is 1. The lowest BCUT2D eigenvalue weighted by Crippen LogP contribution is -2.65. The minimum atomic E-state index is -0.305. The van der Waals surface area contributed by atoms with Crippen molar-refractivity contribution in [2.24, 2.45) is 23.2 Å². The summed E-state index contributed by atoms with van der Waals surface area (Å²) in [5.74, 6) is 1.73. The van der Waals surface area contributed by atoms with Crippen LogP contribution in [0.25, 0.3) is 0 Å². The fourth-order valence-electron chi connectivity index (χ4n) is 7.97. The molecule has 4 fully saturated rings. The predicted octanol–water partition coefficient (Wildman–Crippen LogP) is 6.34. The molecule has 0 amide bonds. The van der Waals surface area contributed by atoms with Gasteiger partial charge in [0.25, 0.3) is 0 Å². The molecule has 2 aromatic rings. The summed E-state index contributed by atoms with van der Waals surface area (Å²) >= 11 is 0. The van der Waals surface area contributed by atoms with Gasteiger partial charge in [0.15, 0.2) is 5.78 Å². The van der Waals surface area contributed by atoms with Gasteiger partial charge in [-0.15, -0.1) is 0 Å². The third-order valence-corrected chi connectivity index (χ3v) is 10.7. The standard InChI is InChI=1S/C34H48BNO3/c1-5-6-9-18-29(36)30(37)21-26(19-24-14-10-7-11-15-24)28(20-25-16-12-8-13-17-25)35-38-32-23-27-22-31(33(27,2)3)34(32,4)39-35/h7-8,10-17,26-29,31-32H,5-6,9,18-23,36H2,1-4H3/p+1/t26-,27?,28+,29-,31?,32?,34+/m0/s1. The molecule has 1 aliphatic heterocycles. The van der Waals surface area contributed by atoms with Crippen molar-refractivity contribution in [2.75, 3.05) is 0 Å². The van der Waals surface area contributed by atoms with Crippen molar-refractivity contribution < 1.29 is 19.8 Å². The highest BCUT2D eigenvalue weighted by molar-refractivity contribution is 6.47. The van der Waals surface area contributed by atoms with Crippen LogP contribution in [0, 0.1) is 23.2 Å².